The van der Waals surface area contributed by atoms with Gasteiger partial charge in [0.2, 0.25) is 10.0 Å². The molecule has 0 unspecified atom stereocenters. The van der Waals surface area contributed by atoms with E-state index in [1.54, 1.807) is 13.2 Å². The van der Waals surface area contributed by atoms with Crippen molar-refractivity contribution in [3.05, 3.63) is 80.1 Å². The van der Waals surface area contributed by atoms with Crippen molar-refractivity contribution in [3.63, 3.8) is 0 Å². The molecule has 186 valence electrons. The Balaban J connectivity index is 1.80. The fourth-order valence-electron chi connectivity index (χ4n) is 4.40. The number of nitrogens with one attached hydrogen (secondary N) is 2. The number of aromatic nitrogens is 2. The smallest absolute Gasteiger partial charge is 0.332 e. The second-order valence-electron chi connectivity index (χ2n) is 9.81. The number of nitrogens with zero attached hydrogens (tertiary/aromatic N) is 2. The highest BCUT2D eigenvalue weighted by molar-refractivity contribution is 7.92. The molecular weight excluding hydrogens is 468 g/mol. The molecule has 0 spiro atoms. The maximum absolute atomic E-state index is 12.6. The number of hydrogen-bond donors (Lipinski definition) is 2. The fourth-order valence-corrected chi connectivity index (χ4v) is 4.96. The first-order valence-corrected chi connectivity index (χ1v) is 13.1. The highest BCUT2D eigenvalue weighted by Gasteiger charge is 2.27. The van der Waals surface area contributed by atoms with Crippen LogP contribution < -0.4 is 25.6 Å². The van der Waals surface area contributed by atoms with E-state index in [9.17, 15) is 18.0 Å². The Morgan fingerprint density at radius 2 is 1.80 bits per heavy atom. The first kappa shape index (κ1) is 24.6. The van der Waals surface area contributed by atoms with Gasteiger partial charge in [-0.15, -0.1) is 0 Å². The molecule has 1 aromatic heterocycles. The van der Waals surface area contributed by atoms with E-state index < -0.39 is 21.3 Å². The third kappa shape index (κ3) is 5.27. The number of H-pyrrole nitrogens is 1. The summed E-state index contributed by atoms with van der Waals surface area (Å²) in [5.74, 6) is 0.734. The van der Waals surface area contributed by atoms with E-state index in [0.29, 0.717) is 30.9 Å². The lowest BCUT2D eigenvalue weighted by Gasteiger charge is -2.34. The standard InChI is InChI=1S/C25H30N4O5S/c1-25(2,3)20-13-19(29-11-9-22(30)26-24(29)31)14-21(23(20)34-4)28-10-8-16-12-18(27-35(5,32)33)7-6-17(16)15-28/h6-7,9,11-14,27H,8,10,15H2,1-5H3,(H,26,30,31). The predicted molar refractivity (Wildman–Crippen MR) is 138 cm³/mol. The van der Waals surface area contributed by atoms with Gasteiger partial charge in [0.1, 0.15) is 5.75 Å². The first-order valence-electron chi connectivity index (χ1n) is 11.2. The number of hydrogen-bond acceptors (Lipinski definition) is 6. The lowest BCUT2D eigenvalue weighted by molar-refractivity contribution is 0.396. The molecule has 2 N–H and O–H groups in total. The Morgan fingerprint density at radius 1 is 1.06 bits per heavy atom. The van der Waals surface area contributed by atoms with E-state index in [2.05, 4.69) is 35.4 Å². The van der Waals surface area contributed by atoms with E-state index in [1.807, 2.05) is 24.3 Å². The van der Waals surface area contributed by atoms with Crippen molar-refractivity contribution in [2.45, 2.75) is 39.2 Å². The zero-order valence-electron chi connectivity index (χ0n) is 20.5. The third-order valence-corrected chi connectivity index (χ3v) is 6.64. The Bertz CT molecular complexity index is 1500. The summed E-state index contributed by atoms with van der Waals surface area (Å²) >= 11 is 0. The summed E-state index contributed by atoms with van der Waals surface area (Å²) in [5, 5.41) is 0. The number of rotatable bonds is 5. The largest absolute Gasteiger partial charge is 0.494 e. The molecule has 35 heavy (non-hydrogen) atoms. The minimum absolute atomic E-state index is 0.276. The van der Waals surface area contributed by atoms with Gasteiger partial charge in [-0.2, -0.15) is 0 Å². The average Bonchev–Trinajstić information content (AvgIpc) is 2.76. The maximum Gasteiger partial charge on any atom is 0.332 e. The molecule has 0 fully saturated rings. The summed E-state index contributed by atoms with van der Waals surface area (Å²) in [6, 6.07) is 10.7. The molecule has 4 rings (SSSR count). The van der Waals surface area contributed by atoms with E-state index >= 15 is 0 Å². The van der Waals surface area contributed by atoms with Gasteiger partial charge in [0, 0.05) is 36.6 Å². The summed E-state index contributed by atoms with van der Waals surface area (Å²) in [6.45, 7) is 7.51. The van der Waals surface area contributed by atoms with Crippen LogP contribution in [0.4, 0.5) is 11.4 Å². The van der Waals surface area contributed by atoms with Crippen LogP contribution in [0, 0.1) is 0 Å². The Morgan fingerprint density at radius 3 is 2.43 bits per heavy atom. The fraction of sp³-hybridized carbons (Fsp3) is 0.360. The molecule has 2 heterocycles. The minimum Gasteiger partial charge on any atom is -0.494 e. The molecule has 1 aliphatic heterocycles. The highest BCUT2D eigenvalue weighted by Crippen LogP contribution is 2.42. The number of methoxy groups -OCH3 is 1. The summed E-state index contributed by atoms with van der Waals surface area (Å²) in [7, 11) is -1.71. The van der Waals surface area contributed by atoms with Gasteiger partial charge in [0.05, 0.1) is 24.7 Å². The SMILES string of the molecule is COc1c(N2CCc3cc(NS(C)(=O)=O)ccc3C2)cc(-n2ccc(=O)[nH]c2=O)cc1C(C)(C)C. The van der Waals surface area contributed by atoms with Crippen molar-refractivity contribution in [1.82, 2.24) is 9.55 Å². The van der Waals surface area contributed by atoms with Gasteiger partial charge >= 0.3 is 5.69 Å². The molecule has 10 heteroatoms. The van der Waals surface area contributed by atoms with Gasteiger partial charge in [0.15, 0.2) is 0 Å². The van der Waals surface area contributed by atoms with Crippen molar-refractivity contribution < 1.29 is 13.2 Å². The van der Waals surface area contributed by atoms with Crippen LogP contribution in [0.25, 0.3) is 5.69 Å². The number of sulfonamides is 1. The number of benzene rings is 2. The van der Waals surface area contributed by atoms with Crippen molar-refractivity contribution in [2.24, 2.45) is 0 Å². The van der Waals surface area contributed by atoms with Crippen LogP contribution in [0.2, 0.25) is 0 Å². The number of fused-ring (bicyclic) bond motifs is 1. The van der Waals surface area contributed by atoms with Gasteiger partial charge in [-0.1, -0.05) is 26.8 Å². The molecule has 3 aromatic rings. The molecule has 0 radical (unpaired) electrons. The lowest BCUT2D eigenvalue weighted by Crippen LogP contribution is -2.32. The predicted octanol–water partition coefficient (Wildman–Crippen LogP) is 2.77. The first-order chi connectivity index (χ1) is 16.4. The van der Waals surface area contributed by atoms with E-state index in [-0.39, 0.29) is 5.41 Å². The van der Waals surface area contributed by atoms with Crippen LogP contribution in [-0.2, 0) is 28.4 Å². The number of anilines is 2. The molecule has 0 aliphatic carbocycles. The summed E-state index contributed by atoms with van der Waals surface area (Å²) in [5.41, 5.74) is 3.89. The van der Waals surface area contributed by atoms with Crippen molar-refractivity contribution in [2.75, 3.05) is 29.5 Å². The number of ether oxygens (including phenoxy) is 1. The topological polar surface area (TPSA) is 114 Å². The second-order valence-corrected chi connectivity index (χ2v) is 11.6. The Kier molecular flexibility index (Phi) is 6.27. The average molecular weight is 499 g/mol. The van der Waals surface area contributed by atoms with Crippen molar-refractivity contribution >= 4 is 21.4 Å². The zero-order chi connectivity index (χ0) is 25.5. The van der Waals surface area contributed by atoms with Crippen LogP contribution in [-0.4, -0.2) is 37.9 Å². The monoisotopic (exact) mass is 498 g/mol. The van der Waals surface area contributed by atoms with E-state index in [0.717, 1.165) is 34.4 Å². The molecular formula is C25H30N4O5S. The number of aromatic amines is 1. The Hall–Kier alpha value is -3.53. The molecule has 1 aliphatic rings. The third-order valence-electron chi connectivity index (χ3n) is 6.03. The molecule has 0 bridgehead atoms. The minimum atomic E-state index is -3.35. The van der Waals surface area contributed by atoms with Crippen LogP contribution in [0.5, 0.6) is 5.75 Å². The van der Waals surface area contributed by atoms with Gasteiger partial charge in [0.25, 0.3) is 5.56 Å². The molecule has 0 amide bonds. The quantitative estimate of drug-likeness (QED) is 0.559. The second kappa shape index (κ2) is 8.92. The summed E-state index contributed by atoms with van der Waals surface area (Å²) in [6.07, 6.45) is 3.32. The van der Waals surface area contributed by atoms with Crippen LogP contribution in [0.1, 0.15) is 37.5 Å². The molecule has 2 aromatic carbocycles. The van der Waals surface area contributed by atoms with E-state index in [4.69, 9.17) is 4.74 Å². The van der Waals surface area contributed by atoms with Gasteiger partial charge in [-0.3, -0.25) is 19.1 Å². The van der Waals surface area contributed by atoms with Crippen LogP contribution in [0.3, 0.4) is 0 Å². The highest BCUT2D eigenvalue weighted by atomic mass is 32.2. The lowest BCUT2D eigenvalue weighted by atomic mass is 9.85. The zero-order valence-corrected chi connectivity index (χ0v) is 21.3. The van der Waals surface area contributed by atoms with Crippen molar-refractivity contribution in [3.8, 4) is 11.4 Å². The Labute approximate surface area is 204 Å². The molecule has 0 saturated heterocycles. The van der Waals surface area contributed by atoms with Crippen LogP contribution >= 0.6 is 0 Å². The normalized spacial score (nSPS) is 13.9. The molecule has 0 atom stereocenters. The molecule has 0 saturated carbocycles. The summed E-state index contributed by atoms with van der Waals surface area (Å²) in [4.78, 5) is 28.7. The molecule has 9 nitrogen and oxygen atoms in total. The van der Waals surface area contributed by atoms with Gasteiger partial charge in [-0.05, 0) is 47.2 Å². The summed E-state index contributed by atoms with van der Waals surface area (Å²) < 4.78 is 33.1. The van der Waals surface area contributed by atoms with Crippen LogP contribution in [0.15, 0.2) is 52.2 Å². The van der Waals surface area contributed by atoms with Crippen molar-refractivity contribution in [1.29, 1.82) is 0 Å². The van der Waals surface area contributed by atoms with E-state index in [1.165, 1.54) is 16.8 Å². The maximum atomic E-state index is 12.6. The van der Waals surface area contributed by atoms with Gasteiger partial charge in [-0.25, -0.2) is 13.2 Å². The van der Waals surface area contributed by atoms with Gasteiger partial charge < -0.3 is 9.64 Å².